The van der Waals surface area contributed by atoms with E-state index in [1.54, 1.807) is 0 Å². The van der Waals surface area contributed by atoms with E-state index in [2.05, 4.69) is 15.4 Å². The van der Waals surface area contributed by atoms with Gasteiger partial charge in [0, 0.05) is 5.92 Å². The Hall–Kier alpha value is -2.14. The molecule has 2 aromatic rings. The Morgan fingerprint density at radius 2 is 1.90 bits per heavy atom. The van der Waals surface area contributed by atoms with Crippen LogP contribution in [0.15, 0.2) is 30.3 Å². The molecule has 0 fully saturated rings. The number of ether oxygens (including phenoxy) is 1. The number of nitrogens with one attached hydrogen (secondary N) is 1. The zero-order valence-electron chi connectivity index (χ0n) is 12.1. The highest BCUT2D eigenvalue weighted by molar-refractivity contribution is 5.47. The summed E-state index contributed by atoms with van der Waals surface area (Å²) in [6.45, 7) is 6.43. The standard InChI is InChI=1S/C15H20N4O/c1-10(2)13-17-14(19-16)11(3)15(18-13)20-9-12-7-5-4-6-8-12/h4-8,10H,9,16H2,1-3H3,(H,17,18,19). The lowest BCUT2D eigenvalue weighted by Crippen LogP contribution is -2.14. The van der Waals surface area contributed by atoms with Gasteiger partial charge in [0.2, 0.25) is 5.88 Å². The van der Waals surface area contributed by atoms with Crippen molar-refractivity contribution in [2.24, 2.45) is 5.84 Å². The average Bonchev–Trinajstić information content (AvgIpc) is 2.47. The maximum absolute atomic E-state index is 5.81. The molecule has 3 N–H and O–H groups in total. The molecule has 0 aliphatic carbocycles. The Labute approximate surface area is 119 Å². The summed E-state index contributed by atoms with van der Waals surface area (Å²) >= 11 is 0. The molecular formula is C15H20N4O. The molecule has 0 atom stereocenters. The first-order valence-electron chi connectivity index (χ1n) is 6.63. The molecule has 1 heterocycles. The molecule has 0 spiro atoms. The van der Waals surface area contributed by atoms with Crippen LogP contribution in [0.2, 0.25) is 0 Å². The Balaban J connectivity index is 2.24. The van der Waals surface area contributed by atoms with Crippen molar-refractivity contribution in [1.82, 2.24) is 9.97 Å². The number of nitrogens with two attached hydrogens (primary N) is 1. The molecule has 0 bridgehead atoms. The molecule has 5 nitrogen and oxygen atoms in total. The van der Waals surface area contributed by atoms with Gasteiger partial charge in [0.05, 0.1) is 5.56 Å². The van der Waals surface area contributed by atoms with Crippen LogP contribution in [0.25, 0.3) is 0 Å². The summed E-state index contributed by atoms with van der Waals surface area (Å²) in [6, 6.07) is 9.98. The molecule has 0 aliphatic heterocycles. The molecule has 1 aromatic carbocycles. The van der Waals surface area contributed by atoms with E-state index in [-0.39, 0.29) is 5.92 Å². The lowest BCUT2D eigenvalue weighted by molar-refractivity contribution is 0.289. The summed E-state index contributed by atoms with van der Waals surface area (Å²) in [5.41, 5.74) is 4.51. The van der Waals surface area contributed by atoms with Gasteiger partial charge >= 0.3 is 0 Å². The van der Waals surface area contributed by atoms with Gasteiger partial charge < -0.3 is 10.2 Å². The average molecular weight is 272 g/mol. The smallest absolute Gasteiger partial charge is 0.222 e. The van der Waals surface area contributed by atoms with E-state index in [0.717, 1.165) is 11.1 Å². The van der Waals surface area contributed by atoms with Crippen LogP contribution in [0.5, 0.6) is 5.88 Å². The first kappa shape index (κ1) is 14.3. The fraction of sp³-hybridized carbons (Fsp3) is 0.333. The van der Waals surface area contributed by atoms with E-state index in [0.29, 0.717) is 24.1 Å². The fourth-order valence-electron chi connectivity index (χ4n) is 1.78. The molecule has 20 heavy (non-hydrogen) atoms. The molecule has 1 aromatic heterocycles. The Morgan fingerprint density at radius 3 is 2.50 bits per heavy atom. The van der Waals surface area contributed by atoms with E-state index in [1.807, 2.05) is 51.1 Å². The van der Waals surface area contributed by atoms with E-state index in [4.69, 9.17) is 10.6 Å². The largest absolute Gasteiger partial charge is 0.472 e. The van der Waals surface area contributed by atoms with Gasteiger partial charge in [0.15, 0.2) is 0 Å². The highest BCUT2D eigenvalue weighted by Crippen LogP contribution is 2.24. The van der Waals surface area contributed by atoms with Gasteiger partial charge in [-0.2, -0.15) is 4.98 Å². The van der Waals surface area contributed by atoms with Crippen molar-refractivity contribution in [3.8, 4) is 5.88 Å². The van der Waals surface area contributed by atoms with Crippen molar-refractivity contribution in [2.75, 3.05) is 5.43 Å². The van der Waals surface area contributed by atoms with Crippen LogP contribution in [0.4, 0.5) is 5.82 Å². The summed E-state index contributed by atoms with van der Waals surface area (Å²) in [7, 11) is 0. The number of anilines is 1. The summed E-state index contributed by atoms with van der Waals surface area (Å²) in [4.78, 5) is 8.85. The zero-order valence-corrected chi connectivity index (χ0v) is 12.1. The number of hydrogen-bond acceptors (Lipinski definition) is 5. The quantitative estimate of drug-likeness (QED) is 0.646. The molecule has 0 saturated heterocycles. The molecule has 5 heteroatoms. The molecule has 106 valence electrons. The second-order valence-electron chi connectivity index (χ2n) is 4.93. The minimum absolute atomic E-state index is 0.210. The SMILES string of the molecule is Cc1c(NN)nc(C(C)C)nc1OCc1ccccc1. The lowest BCUT2D eigenvalue weighted by Gasteiger charge is -2.14. The van der Waals surface area contributed by atoms with Gasteiger partial charge in [-0.1, -0.05) is 44.2 Å². The van der Waals surface area contributed by atoms with Crippen LogP contribution >= 0.6 is 0 Å². The summed E-state index contributed by atoms with van der Waals surface area (Å²) in [6.07, 6.45) is 0. The van der Waals surface area contributed by atoms with E-state index < -0.39 is 0 Å². The molecule has 0 saturated carbocycles. The minimum atomic E-state index is 0.210. The highest BCUT2D eigenvalue weighted by atomic mass is 16.5. The predicted octanol–water partition coefficient (Wildman–Crippen LogP) is 2.77. The van der Waals surface area contributed by atoms with Gasteiger partial charge in [-0.15, -0.1) is 0 Å². The fourth-order valence-corrected chi connectivity index (χ4v) is 1.78. The van der Waals surface area contributed by atoms with Crippen molar-refractivity contribution in [3.05, 3.63) is 47.3 Å². The summed E-state index contributed by atoms with van der Waals surface area (Å²) in [5.74, 6) is 7.60. The number of hydrazine groups is 1. The first-order chi connectivity index (χ1) is 9.61. The Bertz CT molecular complexity index is 570. The first-order valence-corrected chi connectivity index (χ1v) is 6.63. The van der Waals surface area contributed by atoms with Gasteiger partial charge in [-0.3, -0.25) is 0 Å². The summed E-state index contributed by atoms with van der Waals surface area (Å²) in [5, 5.41) is 0. The Morgan fingerprint density at radius 1 is 1.20 bits per heavy atom. The van der Waals surface area contributed by atoms with Crippen LogP contribution in [0.1, 0.15) is 36.7 Å². The van der Waals surface area contributed by atoms with Crippen molar-refractivity contribution >= 4 is 5.82 Å². The third-order valence-corrected chi connectivity index (χ3v) is 2.99. The zero-order chi connectivity index (χ0) is 14.5. The second kappa shape index (κ2) is 6.34. The minimum Gasteiger partial charge on any atom is -0.472 e. The van der Waals surface area contributed by atoms with Crippen LogP contribution in [0, 0.1) is 6.92 Å². The maximum atomic E-state index is 5.81. The van der Waals surface area contributed by atoms with E-state index in [9.17, 15) is 0 Å². The van der Waals surface area contributed by atoms with Gasteiger partial charge in [0.25, 0.3) is 0 Å². The maximum Gasteiger partial charge on any atom is 0.222 e. The van der Waals surface area contributed by atoms with Crippen LogP contribution in [0.3, 0.4) is 0 Å². The lowest BCUT2D eigenvalue weighted by atomic mass is 10.2. The predicted molar refractivity (Wildman–Crippen MR) is 79.4 cm³/mol. The number of rotatable bonds is 5. The summed E-state index contributed by atoms with van der Waals surface area (Å²) < 4.78 is 5.81. The second-order valence-corrected chi connectivity index (χ2v) is 4.93. The van der Waals surface area contributed by atoms with Gasteiger partial charge in [-0.05, 0) is 12.5 Å². The van der Waals surface area contributed by atoms with Crippen molar-refractivity contribution in [2.45, 2.75) is 33.3 Å². The highest BCUT2D eigenvalue weighted by Gasteiger charge is 2.13. The number of nitrogen functional groups attached to an aromatic ring is 1. The molecule has 0 unspecified atom stereocenters. The van der Waals surface area contributed by atoms with Crippen molar-refractivity contribution in [1.29, 1.82) is 0 Å². The van der Waals surface area contributed by atoms with E-state index in [1.165, 1.54) is 0 Å². The third kappa shape index (κ3) is 3.24. The molecule has 0 radical (unpaired) electrons. The van der Waals surface area contributed by atoms with Crippen molar-refractivity contribution < 1.29 is 4.74 Å². The molecule has 2 rings (SSSR count). The number of aromatic nitrogens is 2. The molecular weight excluding hydrogens is 252 g/mol. The third-order valence-electron chi connectivity index (χ3n) is 2.99. The monoisotopic (exact) mass is 272 g/mol. The van der Waals surface area contributed by atoms with E-state index >= 15 is 0 Å². The Kier molecular flexibility index (Phi) is 4.53. The van der Waals surface area contributed by atoms with Gasteiger partial charge in [0.1, 0.15) is 18.2 Å². The topological polar surface area (TPSA) is 73.1 Å². The molecule has 0 aliphatic rings. The number of hydrogen-bond donors (Lipinski definition) is 2. The van der Waals surface area contributed by atoms with Gasteiger partial charge in [-0.25, -0.2) is 10.8 Å². The molecule has 0 amide bonds. The van der Waals surface area contributed by atoms with Crippen LogP contribution < -0.4 is 16.0 Å². The number of benzene rings is 1. The normalized spacial score (nSPS) is 10.7. The van der Waals surface area contributed by atoms with Crippen LogP contribution in [-0.4, -0.2) is 9.97 Å². The number of nitrogens with zero attached hydrogens (tertiary/aromatic N) is 2. The van der Waals surface area contributed by atoms with Crippen molar-refractivity contribution in [3.63, 3.8) is 0 Å². The van der Waals surface area contributed by atoms with Crippen LogP contribution in [-0.2, 0) is 6.61 Å².